The van der Waals surface area contributed by atoms with Crippen LogP contribution in [0, 0.1) is 0 Å². The van der Waals surface area contributed by atoms with Crippen molar-refractivity contribution < 1.29 is 0 Å². The molecule has 0 saturated heterocycles. The predicted octanol–water partition coefficient (Wildman–Crippen LogP) is 15.2. The quantitative estimate of drug-likeness (QED) is 0.130. The minimum Gasteiger partial charge on any atom is -0.310 e. The van der Waals surface area contributed by atoms with Gasteiger partial charge < -0.3 is 9.80 Å². The highest BCUT2D eigenvalue weighted by Crippen LogP contribution is 2.38. The molecule has 2 aromatic heterocycles. The van der Waals surface area contributed by atoms with Crippen molar-refractivity contribution in [3.8, 4) is 22.3 Å². The molecule has 0 bridgehead atoms. The third-order valence-electron chi connectivity index (χ3n) is 10.9. The summed E-state index contributed by atoms with van der Waals surface area (Å²) in [5, 5.41) is 2.25. The Hall–Kier alpha value is -8.08. The SMILES string of the molecule is C(=Cc1ccc(-c2ccc(N(c3ccccc3)c3ccc4cccnc4c3)cc2)cc1)c1ccc(-c2ccc(N(c3ccccc3)c3ccc4cccnc4c3)cc2)cc1. The van der Waals surface area contributed by atoms with Crippen molar-refractivity contribution in [1.82, 2.24) is 9.97 Å². The molecule has 60 heavy (non-hydrogen) atoms. The number of benzene rings is 8. The Morgan fingerprint density at radius 1 is 0.283 bits per heavy atom. The van der Waals surface area contributed by atoms with Crippen molar-refractivity contribution in [2.24, 2.45) is 0 Å². The minimum atomic E-state index is 0.975. The molecule has 10 aromatic rings. The molecule has 0 spiro atoms. The maximum absolute atomic E-state index is 4.61. The van der Waals surface area contributed by atoms with Gasteiger partial charge in [0.1, 0.15) is 0 Å². The van der Waals surface area contributed by atoms with Crippen LogP contribution >= 0.6 is 0 Å². The van der Waals surface area contributed by atoms with E-state index in [2.05, 4.69) is 238 Å². The molecule has 0 aliphatic carbocycles. The summed E-state index contributed by atoms with van der Waals surface area (Å²) >= 11 is 0. The van der Waals surface area contributed by atoms with Crippen molar-refractivity contribution in [2.45, 2.75) is 0 Å². The molecule has 4 heteroatoms. The van der Waals surface area contributed by atoms with Gasteiger partial charge in [-0.05, 0) is 118 Å². The van der Waals surface area contributed by atoms with Gasteiger partial charge in [0.25, 0.3) is 0 Å². The standard InChI is InChI=1S/C56H40N4/c1-3-11-49(12-4-1)59(53-35-29-47-9-7-37-57-55(47)39-53)51-31-25-45(26-32-51)43-21-17-41(18-22-43)15-16-42-19-23-44(24-20-42)46-27-33-52(34-28-46)60(50-13-5-2-6-14-50)54-36-30-48-10-8-38-58-56(48)40-54/h1-40H. The second-order valence-corrected chi connectivity index (χ2v) is 14.8. The molecule has 284 valence electrons. The van der Waals surface area contributed by atoms with E-state index in [1.165, 1.54) is 22.3 Å². The van der Waals surface area contributed by atoms with Crippen molar-refractivity contribution >= 4 is 68.1 Å². The largest absolute Gasteiger partial charge is 0.310 e. The number of para-hydroxylation sites is 2. The number of pyridine rings is 2. The van der Waals surface area contributed by atoms with E-state index in [0.29, 0.717) is 0 Å². The number of hydrogen-bond donors (Lipinski definition) is 0. The summed E-state index contributed by atoms with van der Waals surface area (Å²) in [5.41, 5.74) is 15.5. The van der Waals surface area contributed by atoms with Gasteiger partial charge in [-0.2, -0.15) is 0 Å². The zero-order chi connectivity index (χ0) is 40.1. The molecule has 0 fully saturated rings. The zero-order valence-electron chi connectivity index (χ0n) is 32.9. The first-order valence-corrected chi connectivity index (χ1v) is 20.2. The van der Waals surface area contributed by atoms with E-state index in [0.717, 1.165) is 67.1 Å². The summed E-state index contributed by atoms with van der Waals surface area (Å²) in [6.07, 6.45) is 8.04. The van der Waals surface area contributed by atoms with Gasteiger partial charge in [-0.15, -0.1) is 0 Å². The summed E-state index contributed by atoms with van der Waals surface area (Å²) in [6, 6.07) is 77.1. The van der Waals surface area contributed by atoms with Gasteiger partial charge in [0.15, 0.2) is 0 Å². The number of aromatic nitrogens is 2. The summed E-state index contributed by atoms with van der Waals surface area (Å²) < 4.78 is 0. The van der Waals surface area contributed by atoms with E-state index in [4.69, 9.17) is 0 Å². The lowest BCUT2D eigenvalue weighted by atomic mass is 10.0. The Balaban J connectivity index is 0.827. The Morgan fingerprint density at radius 2 is 0.617 bits per heavy atom. The molecule has 0 saturated carbocycles. The first-order chi connectivity index (χ1) is 29.7. The Labute approximate surface area is 350 Å². The van der Waals surface area contributed by atoms with Gasteiger partial charge in [0.05, 0.1) is 11.0 Å². The van der Waals surface area contributed by atoms with Crippen LogP contribution in [-0.4, -0.2) is 9.97 Å². The van der Waals surface area contributed by atoms with Crippen LogP contribution in [0.25, 0.3) is 56.2 Å². The van der Waals surface area contributed by atoms with Crippen molar-refractivity contribution in [3.63, 3.8) is 0 Å². The highest BCUT2D eigenvalue weighted by molar-refractivity contribution is 5.89. The summed E-state index contributed by atoms with van der Waals surface area (Å²) in [5.74, 6) is 0. The first-order valence-electron chi connectivity index (χ1n) is 20.2. The molecule has 0 atom stereocenters. The number of fused-ring (bicyclic) bond motifs is 2. The summed E-state index contributed by atoms with van der Waals surface area (Å²) in [7, 11) is 0. The molecule has 4 nitrogen and oxygen atoms in total. The lowest BCUT2D eigenvalue weighted by Gasteiger charge is -2.26. The van der Waals surface area contributed by atoms with Gasteiger partial charge >= 0.3 is 0 Å². The van der Waals surface area contributed by atoms with Crippen molar-refractivity contribution in [3.05, 3.63) is 242 Å². The van der Waals surface area contributed by atoms with Gasteiger partial charge in [-0.3, -0.25) is 9.97 Å². The molecule has 0 amide bonds. The van der Waals surface area contributed by atoms with Gasteiger partial charge in [-0.1, -0.05) is 146 Å². The van der Waals surface area contributed by atoms with E-state index in [9.17, 15) is 0 Å². The van der Waals surface area contributed by atoms with Gasteiger partial charge in [0, 0.05) is 57.3 Å². The maximum atomic E-state index is 4.61. The van der Waals surface area contributed by atoms with Crippen LogP contribution < -0.4 is 9.80 Å². The van der Waals surface area contributed by atoms with E-state index in [-0.39, 0.29) is 0 Å². The highest BCUT2D eigenvalue weighted by Gasteiger charge is 2.15. The molecule has 0 aliphatic heterocycles. The first kappa shape index (κ1) is 36.3. The smallest absolute Gasteiger partial charge is 0.0722 e. The number of rotatable bonds is 10. The van der Waals surface area contributed by atoms with Crippen LogP contribution in [0.4, 0.5) is 34.1 Å². The van der Waals surface area contributed by atoms with Crippen LogP contribution in [0.3, 0.4) is 0 Å². The minimum absolute atomic E-state index is 0.975. The number of anilines is 6. The van der Waals surface area contributed by atoms with E-state index in [1.807, 2.05) is 24.5 Å². The van der Waals surface area contributed by atoms with Crippen LogP contribution in [0.5, 0.6) is 0 Å². The average molecular weight is 769 g/mol. The average Bonchev–Trinajstić information content (AvgIpc) is 3.32. The molecule has 2 heterocycles. The number of hydrogen-bond acceptors (Lipinski definition) is 4. The fourth-order valence-corrected chi connectivity index (χ4v) is 7.81. The van der Waals surface area contributed by atoms with Crippen molar-refractivity contribution in [2.75, 3.05) is 9.80 Å². The summed E-state index contributed by atoms with van der Waals surface area (Å²) in [4.78, 5) is 13.8. The normalized spacial score (nSPS) is 11.3. The fraction of sp³-hybridized carbons (Fsp3) is 0. The fourth-order valence-electron chi connectivity index (χ4n) is 7.81. The molecule has 10 rings (SSSR count). The molecule has 0 radical (unpaired) electrons. The van der Waals surface area contributed by atoms with E-state index < -0.39 is 0 Å². The Kier molecular flexibility index (Phi) is 9.92. The van der Waals surface area contributed by atoms with Crippen molar-refractivity contribution in [1.29, 1.82) is 0 Å². The molecular weight excluding hydrogens is 729 g/mol. The lowest BCUT2D eigenvalue weighted by molar-refractivity contribution is 1.28. The summed E-state index contributed by atoms with van der Waals surface area (Å²) in [6.45, 7) is 0. The van der Waals surface area contributed by atoms with Crippen LogP contribution in [0.1, 0.15) is 11.1 Å². The monoisotopic (exact) mass is 768 g/mol. The third-order valence-corrected chi connectivity index (χ3v) is 10.9. The molecule has 8 aromatic carbocycles. The second-order valence-electron chi connectivity index (χ2n) is 14.8. The lowest BCUT2D eigenvalue weighted by Crippen LogP contribution is -2.09. The Morgan fingerprint density at radius 3 is 1.00 bits per heavy atom. The Bertz CT molecular complexity index is 2840. The highest BCUT2D eigenvalue weighted by atomic mass is 15.1. The third kappa shape index (κ3) is 7.66. The maximum Gasteiger partial charge on any atom is 0.0722 e. The zero-order valence-corrected chi connectivity index (χ0v) is 32.9. The van der Waals surface area contributed by atoms with Crippen LogP contribution in [0.2, 0.25) is 0 Å². The van der Waals surface area contributed by atoms with E-state index >= 15 is 0 Å². The molecule has 0 unspecified atom stereocenters. The van der Waals surface area contributed by atoms with Crippen LogP contribution in [-0.2, 0) is 0 Å². The van der Waals surface area contributed by atoms with E-state index in [1.54, 1.807) is 0 Å². The molecular formula is C56H40N4. The second kappa shape index (κ2) is 16.4. The van der Waals surface area contributed by atoms with Gasteiger partial charge in [-0.25, -0.2) is 0 Å². The topological polar surface area (TPSA) is 32.3 Å². The van der Waals surface area contributed by atoms with Gasteiger partial charge in [0.2, 0.25) is 0 Å². The van der Waals surface area contributed by atoms with Crippen LogP contribution in [0.15, 0.2) is 231 Å². The molecule has 0 aliphatic rings. The number of nitrogens with zero attached hydrogens (tertiary/aromatic N) is 4. The molecule has 0 N–H and O–H groups in total. The predicted molar refractivity (Wildman–Crippen MR) is 253 cm³/mol.